The molecular weight excluding hydrogens is 234 g/mol. The molecule has 1 aromatic rings. The highest BCUT2D eigenvalue weighted by molar-refractivity contribution is 5.67. The fourth-order valence-electron chi connectivity index (χ4n) is 1.67. The minimum atomic E-state index is -0.815. The number of carbonyl (C=O) groups is 1. The predicted molar refractivity (Wildman–Crippen MR) is 68.1 cm³/mol. The highest BCUT2D eigenvalue weighted by Crippen LogP contribution is 2.23. The second-order valence-corrected chi connectivity index (χ2v) is 3.78. The number of carboxylic acids is 1. The smallest absolute Gasteiger partial charge is 0.305 e. The van der Waals surface area contributed by atoms with Crippen molar-refractivity contribution in [3.8, 4) is 5.88 Å². The van der Waals surface area contributed by atoms with Gasteiger partial charge in [-0.2, -0.15) is 0 Å². The van der Waals surface area contributed by atoms with Crippen LogP contribution in [-0.2, 0) is 4.79 Å². The topological polar surface area (TPSA) is 75.6 Å². The lowest BCUT2D eigenvalue weighted by atomic mass is 10.3. The third-order valence-electron chi connectivity index (χ3n) is 2.57. The van der Waals surface area contributed by atoms with E-state index in [1.807, 2.05) is 25.7 Å². The number of nitrogens with zero attached hydrogens (tertiary/aromatic N) is 3. The normalized spacial score (nSPS) is 10.2. The number of hydrogen-bond acceptors (Lipinski definition) is 5. The van der Waals surface area contributed by atoms with E-state index in [1.165, 1.54) is 6.33 Å². The van der Waals surface area contributed by atoms with Gasteiger partial charge in [-0.25, -0.2) is 9.97 Å². The average molecular weight is 253 g/mol. The van der Waals surface area contributed by atoms with Crippen molar-refractivity contribution in [2.45, 2.75) is 27.2 Å². The van der Waals surface area contributed by atoms with Crippen molar-refractivity contribution in [2.24, 2.45) is 0 Å². The summed E-state index contributed by atoms with van der Waals surface area (Å²) in [4.78, 5) is 20.8. The molecular formula is C12H19N3O3. The number of anilines is 1. The summed E-state index contributed by atoms with van der Waals surface area (Å²) in [6.45, 7) is 7.39. The first kappa shape index (κ1) is 14.2. The molecule has 6 nitrogen and oxygen atoms in total. The first-order chi connectivity index (χ1) is 8.60. The van der Waals surface area contributed by atoms with E-state index >= 15 is 0 Å². The summed E-state index contributed by atoms with van der Waals surface area (Å²) < 4.78 is 5.40. The van der Waals surface area contributed by atoms with Gasteiger partial charge in [-0.1, -0.05) is 0 Å². The van der Waals surface area contributed by atoms with Gasteiger partial charge in [0.25, 0.3) is 0 Å². The summed E-state index contributed by atoms with van der Waals surface area (Å²) in [6, 6.07) is 0. The van der Waals surface area contributed by atoms with Crippen LogP contribution in [0, 0.1) is 6.92 Å². The summed E-state index contributed by atoms with van der Waals surface area (Å²) >= 11 is 0. The van der Waals surface area contributed by atoms with Gasteiger partial charge >= 0.3 is 5.97 Å². The van der Waals surface area contributed by atoms with Crippen molar-refractivity contribution in [2.75, 3.05) is 24.6 Å². The minimum absolute atomic E-state index is 0.0846. The molecule has 0 spiro atoms. The van der Waals surface area contributed by atoms with Crippen molar-refractivity contribution < 1.29 is 14.6 Å². The summed E-state index contributed by atoms with van der Waals surface area (Å²) in [5.74, 6) is 0.471. The molecule has 0 saturated heterocycles. The zero-order valence-corrected chi connectivity index (χ0v) is 11.0. The van der Waals surface area contributed by atoms with Crippen LogP contribution in [0.15, 0.2) is 6.33 Å². The lowest BCUT2D eigenvalue weighted by molar-refractivity contribution is -0.136. The molecule has 0 atom stereocenters. The third kappa shape index (κ3) is 3.58. The molecule has 6 heteroatoms. The fourth-order valence-corrected chi connectivity index (χ4v) is 1.67. The molecule has 0 saturated carbocycles. The first-order valence-electron chi connectivity index (χ1n) is 6.01. The van der Waals surface area contributed by atoms with E-state index in [0.29, 0.717) is 25.6 Å². The molecule has 0 unspecified atom stereocenters. The van der Waals surface area contributed by atoms with Crippen molar-refractivity contribution in [3.63, 3.8) is 0 Å². The van der Waals surface area contributed by atoms with Crippen molar-refractivity contribution in [3.05, 3.63) is 11.9 Å². The van der Waals surface area contributed by atoms with Crippen LogP contribution in [0.2, 0.25) is 0 Å². The number of aliphatic carboxylic acids is 1. The van der Waals surface area contributed by atoms with Crippen LogP contribution in [-0.4, -0.2) is 40.7 Å². The van der Waals surface area contributed by atoms with Crippen LogP contribution in [0.1, 0.15) is 25.8 Å². The standard InChI is InChI=1S/C12H19N3O3/c1-4-15(7-6-10(16)17)11-9(3)12(18-5-2)14-8-13-11/h8H,4-7H2,1-3H3,(H,16,17). The predicted octanol–water partition coefficient (Wildman–Crippen LogP) is 1.48. The molecule has 0 aromatic carbocycles. The molecule has 0 aliphatic heterocycles. The maximum absolute atomic E-state index is 10.6. The van der Waals surface area contributed by atoms with Crippen LogP contribution in [0.4, 0.5) is 5.82 Å². The Kier molecular flexibility index (Phi) is 5.35. The Morgan fingerprint density at radius 3 is 2.72 bits per heavy atom. The second kappa shape index (κ2) is 6.78. The van der Waals surface area contributed by atoms with Gasteiger partial charge in [-0.3, -0.25) is 4.79 Å². The molecule has 1 rings (SSSR count). The third-order valence-corrected chi connectivity index (χ3v) is 2.57. The highest BCUT2D eigenvalue weighted by Gasteiger charge is 2.14. The van der Waals surface area contributed by atoms with Gasteiger partial charge in [-0.15, -0.1) is 0 Å². The number of hydrogen-bond donors (Lipinski definition) is 1. The Bertz CT molecular complexity index is 410. The SMILES string of the molecule is CCOc1ncnc(N(CC)CCC(=O)O)c1C. The van der Waals surface area contributed by atoms with Gasteiger partial charge in [0.2, 0.25) is 5.88 Å². The number of aromatic nitrogens is 2. The molecule has 0 amide bonds. The van der Waals surface area contributed by atoms with E-state index in [4.69, 9.17) is 9.84 Å². The van der Waals surface area contributed by atoms with Crippen LogP contribution in [0.3, 0.4) is 0 Å². The molecule has 0 aliphatic carbocycles. The van der Waals surface area contributed by atoms with Gasteiger partial charge in [0.15, 0.2) is 0 Å². The first-order valence-corrected chi connectivity index (χ1v) is 6.01. The van der Waals surface area contributed by atoms with Gasteiger partial charge in [0.1, 0.15) is 12.1 Å². The maximum Gasteiger partial charge on any atom is 0.305 e. The van der Waals surface area contributed by atoms with E-state index in [9.17, 15) is 4.79 Å². The second-order valence-electron chi connectivity index (χ2n) is 3.78. The van der Waals surface area contributed by atoms with Crippen LogP contribution < -0.4 is 9.64 Å². The molecule has 1 heterocycles. The van der Waals surface area contributed by atoms with Crippen LogP contribution >= 0.6 is 0 Å². The van der Waals surface area contributed by atoms with E-state index in [2.05, 4.69) is 9.97 Å². The Balaban J connectivity index is 2.91. The number of ether oxygens (including phenoxy) is 1. The Hall–Kier alpha value is -1.85. The number of rotatable bonds is 7. The summed E-state index contributed by atoms with van der Waals surface area (Å²) in [5, 5.41) is 8.73. The molecule has 0 aliphatic rings. The largest absolute Gasteiger partial charge is 0.481 e. The van der Waals surface area contributed by atoms with Crippen molar-refractivity contribution in [1.82, 2.24) is 9.97 Å². The molecule has 1 N–H and O–H groups in total. The average Bonchev–Trinajstić information content (AvgIpc) is 2.34. The maximum atomic E-state index is 10.6. The molecule has 100 valence electrons. The van der Waals surface area contributed by atoms with E-state index in [1.54, 1.807) is 0 Å². The zero-order chi connectivity index (χ0) is 13.5. The Labute approximate surface area is 107 Å². The molecule has 0 bridgehead atoms. The van der Waals surface area contributed by atoms with E-state index in [0.717, 1.165) is 11.4 Å². The summed E-state index contributed by atoms with van der Waals surface area (Å²) in [6.07, 6.45) is 1.53. The lowest BCUT2D eigenvalue weighted by Gasteiger charge is -2.23. The zero-order valence-electron chi connectivity index (χ0n) is 11.0. The van der Waals surface area contributed by atoms with Gasteiger partial charge < -0.3 is 14.7 Å². The van der Waals surface area contributed by atoms with Gasteiger partial charge in [-0.05, 0) is 20.8 Å². The number of carboxylic acid groups (broad SMARTS) is 1. The Morgan fingerprint density at radius 1 is 1.44 bits per heavy atom. The van der Waals surface area contributed by atoms with Crippen LogP contribution in [0.25, 0.3) is 0 Å². The van der Waals surface area contributed by atoms with Crippen molar-refractivity contribution in [1.29, 1.82) is 0 Å². The minimum Gasteiger partial charge on any atom is -0.481 e. The summed E-state index contributed by atoms with van der Waals surface area (Å²) in [7, 11) is 0. The quantitative estimate of drug-likeness (QED) is 0.793. The monoisotopic (exact) mass is 253 g/mol. The van der Waals surface area contributed by atoms with E-state index < -0.39 is 5.97 Å². The molecule has 0 fully saturated rings. The highest BCUT2D eigenvalue weighted by atomic mass is 16.5. The van der Waals surface area contributed by atoms with Gasteiger partial charge in [0, 0.05) is 13.1 Å². The molecule has 18 heavy (non-hydrogen) atoms. The fraction of sp³-hybridized carbons (Fsp3) is 0.583. The summed E-state index contributed by atoms with van der Waals surface area (Å²) in [5.41, 5.74) is 0.839. The van der Waals surface area contributed by atoms with E-state index in [-0.39, 0.29) is 6.42 Å². The lowest BCUT2D eigenvalue weighted by Crippen LogP contribution is -2.27. The molecule has 0 radical (unpaired) electrons. The Morgan fingerprint density at radius 2 is 2.17 bits per heavy atom. The molecule has 1 aromatic heterocycles. The van der Waals surface area contributed by atoms with Crippen LogP contribution in [0.5, 0.6) is 5.88 Å². The van der Waals surface area contributed by atoms with Crippen molar-refractivity contribution >= 4 is 11.8 Å². The van der Waals surface area contributed by atoms with Gasteiger partial charge in [0.05, 0.1) is 18.6 Å².